The van der Waals surface area contributed by atoms with E-state index in [0.29, 0.717) is 13.0 Å². The van der Waals surface area contributed by atoms with E-state index >= 15 is 0 Å². The Hall–Kier alpha value is -1.17. The van der Waals surface area contributed by atoms with Crippen molar-refractivity contribution in [2.75, 3.05) is 12.8 Å². The van der Waals surface area contributed by atoms with Crippen molar-refractivity contribution in [3.63, 3.8) is 0 Å². The molecule has 1 saturated carbocycles. The zero-order valence-corrected chi connectivity index (χ0v) is 12.6. The van der Waals surface area contributed by atoms with E-state index in [9.17, 15) is 18.9 Å². The maximum atomic E-state index is 12.2. The summed E-state index contributed by atoms with van der Waals surface area (Å²) < 4.78 is 11.2. The molecule has 0 aromatic heterocycles. The van der Waals surface area contributed by atoms with E-state index in [2.05, 4.69) is 5.32 Å². The van der Waals surface area contributed by atoms with Gasteiger partial charge in [0, 0.05) is 28.9 Å². The fourth-order valence-electron chi connectivity index (χ4n) is 3.20. The number of carbonyl (C=O) groups is 2. The van der Waals surface area contributed by atoms with Crippen molar-refractivity contribution in [3.8, 4) is 0 Å². The van der Waals surface area contributed by atoms with Crippen LogP contribution >= 0.6 is 0 Å². The molecule has 2 aliphatic rings. The van der Waals surface area contributed by atoms with Crippen molar-refractivity contribution in [1.82, 2.24) is 5.32 Å². The molecule has 0 aliphatic heterocycles. The summed E-state index contributed by atoms with van der Waals surface area (Å²) >= 11 is 0. The van der Waals surface area contributed by atoms with Gasteiger partial charge in [-0.05, 0) is 24.7 Å². The summed E-state index contributed by atoms with van der Waals surface area (Å²) in [5, 5.41) is 12.1. The lowest BCUT2D eigenvalue weighted by Crippen LogP contribution is -2.41. The van der Waals surface area contributed by atoms with Crippen LogP contribution in [0.1, 0.15) is 19.8 Å². The van der Waals surface area contributed by atoms with Gasteiger partial charge in [-0.25, -0.2) is 0 Å². The number of aliphatic carboxylic acids is 1. The minimum Gasteiger partial charge on any atom is -0.481 e. The summed E-state index contributed by atoms with van der Waals surface area (Å²) in [6.07, 6.45) is 6.95. The summed E-state index contributed by atoms with van der Waals surface area (Å²) in [6, 6.07) is 0. The molecule has 2 rings (SSSR count). The van der Waals surface area contributed by atoms with E-state index in [1.807, 2.05) is 19.1 Å². The van der Waals surface area contributed by atoms with E-state index in [0.717, 1.165) is 6.42 Å². The maximum absolute atomic E-state index is 12.2. The predicted molar refractivity (Wildman–Crippen MR) is 76.5 cm³/mol. The molecule has 1 fully saturated rings. The highest BCUT2D eigenvalue weighted by Gasteiger charge is 2.51. The zero-order chi connectivity index (χ0) is 14.9. The third kappa shape index (κ3) is 2.95. The average Bonchev–Trinajstić information content (AvgIpc) is 2.97. The summed E-state index contributed by atoms with van der Waals surface area (Å²) in [7, 11) is -0.899. The Balaban J connectivity index is 1.90. The Kier molecular flexibility index (Phi) is 4.62. The number of carboxylic acid groups (broad SMARTS) is 1. The van der Waals surface area contributed by atoms with Crippen molar-refractivity contribution in [3.05, 3.63) is 12.2 Å². The third-order valence-electron chi connectivity index (χ3n) is 4.46. The van der Waals surface area contributed by atoms with Gasteiger partial charge in [-0.1, -0.05) is 19.1 Å². The molecule has 0 radical (unpaired) electrons. The largest absolute Gasteiger partial charge is 0.481 e. The van der Waals surface area contributed by atoms with Crippen LogP contribution in [0.15, 0.2) is 12.2 Å². The van der Waals surface area contributed by atoms with Crippen LogP contribution in [0.3, 0.4) is 0 Å². The van der Waals surface area contributed by atoms with Crippen molar-refractivity contribution in [1.29, 1.82) is 0 Å². The molecule has 112 valence electrons. The molecule has 4 unspecified atom stereocenters. The second-order valence-corrected chi connectivity index (χ2v) is 7.53. The smallest absolute Gasteiger partial charge is 0.307 e. The van der Waals surface area contributed by atoms with Gasteiger partial charge in [0.2, 0.25) is 5.91 Å². The molecule has 2 bridgehead atoms. The van der Waals surface area contributed by atoms with E-state index in [1.54, 1.807) is 6.26 Å². The topological polar surface area (TPSA) is 83.5 Å². The molecule has 6 heteroatoms. The molecule has 6 atom stereocenters. The van der Waals surface area contributed by atoms with Crippen LogP contribution < -0.4 is 5.32 Å². The highest BCUT2D eigenvalue weighted by Crippen LogP contribution is 2.48. The van der Waals surface area contributed by atoms with Crippen LogP contribution in [0.25, 0.3) is 0 Å². The van der Waals surface area contributed by atoms with Crippen LogP contribution in [0.5, 0.6) is 0 Å². The molecule has 20 heavy (non-hydrogen) atoms. The highest BCUT2D eigenvalue weighted by atomic mass is 32.2. The predicted octanol–water partition coefficient (Wildman–Crippen LogP) is 0.783. The lowest BCUT2D eigenvalue weighted by atomic mass is 9.82. The Morgan fingerprint density at radius 1 is 1.35 bits per heavy atom. The SMILES string of the molecule is CC(CCNC(=O)[C@H]1C2C=CC(C2)[C@H]1C(=O)O)S(C)=O. The number of allylic oxidation sites excluding steroid dienone is 2. The molecule has 2 aliphatic carbocycles. The molecule has 0 saturated heterocycles. The second kappa shape index (κ2) is 6.08. The van der Waals surface area contributed by atoms with Gasteiger partial charge >= 0.3 is 5.97 Å². The van der Waals surface area contributed by atoms with Gasteiger partial charge in [0.25, 0.3) is 0 Å². The monoisotopic (exact) mass is 299 g/mol. The van der Waals surface area contributed by atoms with Gasteiger partial charge in [-0.3, -0.25) is 13.8 Å². The van der Waals surface area contributed by atoms with Gasteiger partial charge in [0.15, 0.2) is 0 Å². The van der Waals surface area contributed by atoms with Gasteiger partial charge < -0.3 is 10.4 Å². The molecule has 0 heterocycles. The fraction of sp³-hybridized carbons (Fsp3) is 0.714. The number of carboxylic acids is 1. The van der Waals surface area contributed by atoms with Crippen molar-refractivity contribution >= 4 is 22.7 Å². The third-order valence-corrected chi connectivity index (χ3v) is 5.83. The van der Waals surface area contributed by atoms with Crippen molar-refractivity contribution in [2.45, 2.75) is 25.0 Å². The van der Waals surface area contributed by atoms with Crippen LogP contribution in [0, 0.1) is 23.7 Å². The molecule has 0 spiro atoms. The first-order valence-electron chi connectivity index (χ1n) is 6.93. The van der Waals surface area contributed by atoms with E-state index in [-0.39, 0.29) is 23.0 Å². The number of hydrogen-bond donors (Lipinski definition) is 2. The first-order valence-corrected chi connectivity index (χ1v) is 8.55. The van der Waals surface area contributed by atoms with Crippen LogP contribution in [0.4, 0.5) is 0 Å². The van der Waals surface area contributed by atoms with Crippen molar-refractivity contribution < 1.29 is 18.9 Å². The number of carbonyl (C=O) groups excluding carboxylic acids is 1. The first-order chi connectivity index (χ1) is 9.41. The normalized spacial score (nSPS) is 33.9. The Morgan fingerprint density at radius 2 is 1.95 bits per heavy atom. The Morgan fingerprint density at radius 3 is 2.50 bits per heavy atom. The molecule has 2 N–H and O–H groups in total. The van der Waals surface area contributed by atoms with Gasteiger partial charge in [0.1, 0.15) is 0 Å². The summed E-state index contributed by atoms with van der Waals surface area (Å²) in [4.78, 5) is 23.5. The minimum atomic E-state index is -0.899. The van der Waals surface area contributed by atoms with Gasteiger partial charge in [-0.15, -0.1) is 0 Å². The number of amides is 1. The summed E-state index contributed by atoms with van der Waals surface area (Å²) in [5.41, 5.74) is 0. The number of rotatable bonds is 6. The molecular formula is C14H21NO4S. The standard InChI is InChI=1S/C14H21NO4S/c1-8(20(2)19)5-6-15-13(16)11-9-3-4-10(7-9)12(11)14(17)18/h3-4,8-12H,5-7H2,1-2H3,(H,15,16)(H,17,18)/t8?,9?,10?,11-,12+,20?/m0/s1. The van der Waals surface area contributed by atoms with Crippen molar-refractivity contribution in [2.24, 2.45) is 23.7 Å². The number of hydrogen-bond acceptors (Lipinski definition) is 3. The molecule has 0 aromatic carbocycles. The van der Waals surface area contributed by atoms with Crippen LogP contribution in [-0.2, 0) is 20.4 Å². The minimum absolute atomic E-state index is 0.00433. The number of nitrogens with one attached hydrogen (secondary N) is 1. The van der Waals surface area contributed by atoms with Gasteiger partial charge in [-0.2, -0.15) is 0 Å². The zero-order valence-electron chi connectivity index (χ0n) is 11.7. The van der Waals surface area contributed by atoms with Crippen LogP contribution in [-0.4, -0.2) is 39.2 Å². The Labute approximate surface area is 121 Å². The Bertz CT molecular complexity index is 462. The lowest BCUT2D eigenvalue weighted by molar-refractivity contribution is -0.147. The number of fused-ring (bicyclic) bond motifs is 2. The molecule has 1 amide bonds. The highest BCUT2D eigenvalue weighted by molar-refractivity contribution is 7.84. The quantitative estimate of drug-likeness (QED) is 0.710. The maximum Gasteiger partial charge on any atom is 0.307 e. The van der Waals surface area contributed by atoms with E-state index < -0.39 is 28.6 Å². The molecular weight excluding hydrogens is 278 g/mol. The van der Waals surface area contributed by atoms with E-state index in [4.69, 9.17) is 0 Å². The van der Waals surface area contributed by atoms with E-state index in [1.165, 1.54) is 0 Å². The van der Waals surface area contributed by atoms with Crippen LogP contribution in [0.2, 0.25) is 0 Å². The molecule has 0 aromatic rings. The molecule has 5 nitrogen and oxygen atoms in total. The second-order valence-electron chi connectivity index (χ2n) is 5.73. The summed E-state index contributed by atoms with van der Waals surface area (Å²) in [6.45, 7) is 2.33. The lowest BCUT2D eigenvalue weighted by Gasteiger charge is -2.24. The first kappa shape index (κ1) is 15.2. The average molecular weight is 299 g/mol. The van der Waals surface area contributed by atoms with Gasteiger partial charge in [0.05, 0.1) is 11.8 Å². The summed E-state index contributed by atoms with van der Waals surface area (Å²) in [5.74, 6) is -2.06. The fourth-order valence-corrected chi connectivity index (χ4v) is 3.65.